The first-order chi connectivity index (χ1) is 4.16. The van der Waals surface area contributed by atoms with Crippen LogP contribution < -0.4 is 0 Å². The molecular weight excluding hydrogens is 225 g/mol. The molecule has 0 aromatic carbocycles. The van der Waals surface area contributed by atoms with Gasteiger partial charge in [-0.05, 0) is 13.0 Å². The van der Waals surface area contributed by atoms with Crippen molar-refractivity contribution < 1.29 is 0 Å². The quantitative estimate of drug-likeness (QED) is 0.537. The third-order valence-electron chi connectivity index (χ3n) is 1.14. The molecule has 0 atom stereocenters. The number of alkyl halides is 1. The van der Waals surface area contributed by atoms with E-state index >= 15 is 0 Å². The van der Waals surface area contributed by atoms with Gasteiger partial charge in [0.05, 0.1) is 0 Å². The smallest absolute Gasteiger partial charge is 0.0123 e. The summed E-state index contributed by atoms with van der Waals surface area (Å²) in [5.41, 5.74) is 0. The van der Waals surface area contributed by atoms with Crippen molar-refractivity contribution in [3.05, 3.63) is 0 Å². The van der Waals surface area contributed by atoms with Gasteiger partial charge in [-0.3, -0.25) is 0 Å². The first kappa shape index (κ1) is 9.69. The van der Waals surface area contributed by atoms with Crippen LogP contribution in [0.2, 0.25) is 0 Å². The average Bonchev–Trinajstić information content (AvgIpc) is 1.63. The lowest BCUT2D eigenvalue weighted by atomic mass is 10.2. The molecule has 0 N–H and O–H groups in total. The fourth-order valence-electron chi connectivity index (χ4n) is 0.859. The van der Waals surface area contributed by atoms with Crippen LogP contribution in [0.5, 0.6) is 0 Å². The van der Waals surface area contributed by atoms with Crippen molar-refractivity contribution in [3.63, 3.8) is 0 Å². The fraction of sp³-hybridized carbons (Fsp3) is 1.00. The highest BCUT2D eigenvalue weighted by molar-refractivity contribution is 14.1. The van der Waals surface area contributed by atoms with Gasteiger partial charge >= 0.3 is 0 Å². The van der Waals surface area contributed by atoms with Crippen LogP contribution in [0.15, 0.2) is 0 Å². The molecule has 0 unspecified atom stereocenters. The Morgan fingerprint density at radius 1 is 1.44 bits per heavy atom. The molecular formula is C7H16IN. The van der Waals surface area contributed by atoms with Crippen LogP contribution in [-0.2, 0) is 0 Å². The first-order valence-electron chi connectivity index (χ1n) is 3.41. The minimum absolute atomic E-state index is 0.804. The Morgan fingerprint density at radius 3 is 2.33 bits per heavy atom. The van der Waals surface area contributed by atoms with Crippen molar-refractivity contribution in [3.8, 4) is 0 Å². The molecule has 0 rings (SSSR count). The largest absolute Gasteiger partial charge is 0.305 e. The van der Waals surface area contributed by atoms with E-state index < -0.39 is 0 Å². The van der Waals surface area contributed by atoms with E-state index in [2.05, 4.69) is 48.4 Å². The standard InChI is InChI=1S/C7H16IN/c1-7(2)6-9(3)5-4-8/h7H,4-6H2,1-3H3. The Hall–Kier alpha value is 0.690. The molecule has 0 aliphatic carbocycles. The van der Waals surface area contributed by atoms with Gasteiger partial charge in [0.1, 0.15) is 0 Å². The second-order valence-corrected chi connectivity index (χ2v) is 3.92. The van der Waals surface area contributed by atoms with Crippen molar-refractivity contribution in [1.82, 2.24) is 4.90 Å². The van der Waals surface area contributed by atoms with Crippen LogP contribution in [-0.4, -0.2) is 29.5 Å². The SMILES string of the molecule is CC(C)CN(C)CCI. The molecule has 0 amide bonds. The van der Waals surface area contributed by atoms with Crippen LogP contribution in [0.4, 0.5) is 0 Å². The molecule has 9 heavy (non-hydrogen) atoms. The summed E-state index contributed by atoms with van der Waals surface area (Å²) in [6.07, 6.45) is 0. The second kappa shape index (κ2) is 5.47. The molecule has 0 aromatic rings. The van der Waals surface area contributed by atoms with Crippen LogP contribution >= 0.6 is 22.6 Å². The predicted molar refractivity (Wildman–Crippen MR) is 51.2 cm³/mol. The van der Waals surface area contributed by atoms with E-state index in [9.17, 15) is 0 Å². The monoisotopic (exact) mass is 241 g/mol. The van der Waals surface area contributed by atoms with Gasteiger partial charge in [-0.25, -0.2) is 0 Å². The molecule has 0 aliphatic heterocycles. The number of rotatable bonds is 4. The summed E-state index contributed by atoms with van der Waals surface area (Å²) in [7, 11) is 2.18. The van der Waals surface area contributed by atoms with Gasteiger partial charge in [-0.1, -0.05) is 36.4 Å². The van der Waals surface area contributed by atoms with E-state index in [-0.39, 0.29) is 0 Å². The lowest BCUT2D eigenvalue weighted by Gasteiger charge is -2.16. The van der Waals surface area contributed by atoms with E-state index in [1.54, 1.807) is 0 Å². The first-order valence-corrected chi connectivity index (χ1v) is 4.94. The summed E-state index contributed by atoms with van der Waals surface area (Å²) >= 11 is 2.41. The van der Waals surface area contributed by atoms with E-state index in [0.29, 0.717) is 0 Å². The predicted octanol–water partition coefficient (Wildman–Crippen LogP) is 2.01. The maximum absolute atomic E-state index is 2.41. The van der Waals surface area contributed by atoms with Crippen LogP contribution in [0.25, 0.3) is 0 Å². The molecule has 0 saturated heterocycles. The Labute approximate surface area is 72.0 Å². The number of hydrogen-bond donors (Lipinski definition) is 0. The third-order valence-corrected chi connectivity index (χ3v) is 1.63. The molecule has 1 nitrogen and oxygen atoms in total. The summed E-state index contributed by atoms with van der Waals surface area (Å²) in [5, 5.41) is 0. The topological polar surface area (TPSA) is 3.24 Å². The van der Waals surface area contributed by atoms with Gasteiger partial charge in [-0.2, -0.15) is 0 Å². The fourth-order valence-corrected chi connectivity index (χ4v) is 1.68. The molecule has 2 heteroatoms. The zero-order chi connectivity index (χ0) is 7.28. The molecule has 0 radical (unpaired) electrons. The van der Waals surface area contributed by atoms with Gasteiger partial charge in [0.2, 0.25) is 0 Å². The minimum atomic E-state index is 0.804. The van der Waals surface area contributed by atoms with Crippen LogP contribution in [0.1, 0.15) is 13.8 Å². The maximum atomic E-state index is 2.41. The van der Waals surface area contributed by atoms with Gasteiger partial charge in [0, 0.05) is 17.5 Å². The van der Waals surface area contributed by atoms with Crippen LogP contribution in [0.3, 0.4) is 0 Å². The molecule has 0 saturated carbocycles. The number of halogens is 1. The molecule has 0 fully saturated rings. The van der Waals surface area contributed by atoms with E-state index in [1.807, 2.05) is 0 Å². The zero-order valence-corrected chi connectivity index (χ0v) is 8.68. The normalized spacial score (nSPS) is 11.3. The molecule has 0 spiro atoms. The molecule has 0 aromatic heterocycles. The summed E-state index contributed by atoms with van der Waals surface area (Å²) in [6.45, 7) is 6.95. The lowest BCUT2D eigenvalue weighted by molar-refractivity contribution is 0.314. The summed E-state index contributed by atoms with van der Waals surface area (Å²) in [4.78, 5) is 2.37. The van der Waals surface area contributed by atoms with Crippen molar-refractivity contribution in [2.45, 2.75) is 13.8 Å². The highest BCUT2D eigenvalue weighted by Gasteiger charge is 1.98. The summed E-state index contributed by atoms with van der Waals surface area (Å²) in [6, 6.07) is 0. The van der Waals surface area contributed by atoms with E-state index in [1.165, 1.54) is 17.5 Å². The van der Waals surface area contributed by atoms with Crippen LogP contribution in [0, 0.1) is 5.92 Å². The second-order valence-electron chi connectivity index (χ2n) is 2.85. The van der Waals surface area contributed by atoms with E-state index in [0.717, 1.165) is 5.92 Å². The highest BCUT2D eigenvalue weighted by Crippen LogP contribution is 1.95. The number of nitrogens with zero attached hydrogens (tertiary/aromatic N) is 1. The van der Waals surface area contributed by atoms with Gasteiger partial charge < -0.3 is 4.90 Å². The van der Waals surface area contributed by atoms with Gasteiger partial charge in [-0.15, -0.1) is 0 Å². The van der Waals surface area contributed by atoms with Gasteiger partial charge in [0.25, 0.3) is 0 Å². The molecule has 0 heterocycles. The summed E-state index contributed by atoms with van der Waals surface area (Å²) < 4.78 is 1.24. The molecule has 56 valence electrons. The van der Waals surface area contributed by atoms with Crippen molar-refractivity contribution in [1.29, 1.82) is 0 Å². The average molecular weight is 241 g/mol. The molecule has 0 aliphatic rings. The number of hydrogen-bond acceptors (Lipinski definition) is 1. The van der Waals surface area contributed by atoms with Gasteiger partial charge in [0.15, 0.2) is 0 Å². The lowest BCUT2D eigenvalue weighted by Crippen LogP contribution is -2.24. The van der Waals surface area contributed by atoms with Crippen molar-refractivity contribution in [2.75, 3.05) is 24.6 Å². The third kappa shape index (κ3) is 6.58. The zero-order valence-electron chi connectivity index (χ0n) is 6.52. The highest BCUT2D eigenvalue weighted by atomic mass is 127. The Bertz CT molecular complexity index is 63.9. The maximum Gasteiger partial charge on any atom is 0.0123 e. The molecule has 0 bridgehead atoms. The Kier molecular flexibility index (Phi) is 5.89. The Balaban J connectivity index is 3.15. The van der Waals surface area contributed by atoms with Crippen molar-refractivity contribution >= 4 is 22.6 Å². The minimum Gasteiger partial charge on any atom is -0.305 e. The Morgan fingerprint density at radius 2 is 2.00 bits per heavy atom. The van der Waals surface area contributed by atoms with E-state index in [4.69, 9.17) is 0 Å². The van der Waals surface area contributed by atoms with Crippen molar-refractivity contribution in [2.24, 2.45) is 5.92 Å². The summed E-state index contributed by atoms with van der Waals surface area (Å²) in [5.74, 6) is 0.804.